The minimum Gasteiger partial charge on any atom is -0.339 e. The predicted molar refractivity (Wildman–Crippen MR) is 60.6 cm³/mol. The number of rotatable bonds is 2. The number of nitrogens with one attached hydrogen (secondary N) is 1. The first-order valence-corrected chi connectivity index (χ1v) is 6.34. The number of piperidine rings is 1. The molecular weight excluding hydrogens is 188 g/mol. The molecule has 1 amide bonds. The van der Waals surface area contributed by atoms with Crippen LogP contribution in [0.3, 0.4) is 0 Å². The predicted octanol–water partition coefficient (Wildman–Crippen LogP) is 1.39. The van der Waals surface area contributed by atoms with Gasteiger partial charge in [-0.3, -0.25) is 4.79 Å². The lowest BCUT2D eigenvalue weighted by Gasteiger charge is -2.36. The van der Waals surface area contributed by atoms with E-state index in [1.807, 2.05) is 0 Å². The topological polar surface area (TPSA) is 32.3 Å². The van der Waals surface area contributed by atoms with Crippen molar-refractivity contribution in [3.63, 3.8) is 0 Å². The zero-order valence-corrected chi connectivity index (χ0v) is 9.67. The van der Waals surface area contributed by atoms with Gasteiger partial charge in [0.05, 0.1) is 5.92 Å². The molecule has 2 saturated heterocycles. The summed E-state index contributed by atoms with van der Waals surface area (Å²) in [7, 11) is 0. The highest BCUT2D eigenvalue weighted by Gasteiger charge is 2.31. The fourth-order valence-corrected chi connectivity index (χ4v) is 2.82. The Morgan fingerprint density at radius 1 is 1.40 bits per heavy atom. The Morgan fingerprint density at radius 3 is 2.93 bits per heavy atom. The van der Waals surface area contributed by atoms with Gasteiger partial charge < -0.3 is 10.2 Å². The van der Waals surface area contributed by atoms with Crippen molar-refractivity contribution in [1.82, 2.24) is 10.2 Å². The van der Waals surface area contributed by atoms with E-state index in [0.29, 0.717) is 11.9 Å². The zero-order chi connectivity index (χ0) is 10.7. The molecule has 2 rings (SSSR count). The molecule has 2 fully saturated rings. The zero-order valence-electron chi connectivity index (χ0n) is 9.67. The van der Waals surface area contributed by atoms with E-state index in [2.05, 4.69) is 17.1 Å². The number of carbonyl (C=O) groups is 1. The van der Waals surface area contributed by atoms with Crippen molar-refractivity contribution in [2.45, 2.75) is 45.1 Å². The molecule has 0 aromatic heterocycles. The van der Waals surface area contributed by atoms with Crippen LogP contribution in [0.15, 0.2) is 0 Å². The van der Waals surface area contributed by atoms with E-state index in [0.717, 1.165) is 32.5 Å². The fourth-order valence-electron chi connectivity index (χ4n) is 2.82. The molecule has 86 valence electrons. The third-order valence-electron chi connectivity index (χ3n) is 3.79. The van der Waals surface area contributed by atoms with Crippen LogP contribution in [-0.2, 0) is 4.79 Å². The first kappa shape index (κ1) is 10.9. The maximum atomic E-state index is 12.3. The largest absolute Gasteiger partial charge is 0.339 e. The van der Waals surface area contributed by atoms with Crippen LogP contribution in [0, 0.1) is 5.92 Å². The smallest absolute Gasteiger partial charge is 0.227 e. The summed E-state index contributed by atoms with van der Waals surface area (Å²) in [6.45, 7) is 5.10. The third kappa shape index (κ3) is 2.33. The third-order valence-corrected chi connectivity index (χ3v) is 3.79. The molecule has 0 aliphatic carbocycles. The van der Waals surface area contributed by atoms with E-state index in [1.54, 1.807) is 0 Å². The minimum atomic E-state index is 0.261. The van der Waals surface area contributed by atoms with Crippen molar-refractivity contribution >= 4 is 5.91 Å². The van der Waals surface area contributed by atoms with E-state index in [4.69, 9.17) is 0 Å². The standard InChI is InChI=1S/C12H22N2O/c1-2-11-5-3-4-8-14(11)12(15)10-6-7-13-9-10/h10-11,13H,2-9H2,1H3. The van der Waals surface area contributed by atoms with Gasteiger partial charge >= 0.3 is 0 Å². The van der Waals surface area contributed by atoms with Crippen molar-refractivity contribution in [3.8, 4) is 0 Å². The molecule has 2 aliphatic rings. The van der Waals surface area contributed by atoms with Gasteiger partial charge in [0, 0.05) is 19.1 Å². The van der Waals surface area contributed by atoms with Crippen LogP contribution in [0.2, 0.25) is 0 Å². The van der Waals surface area contributed by atoms with Gasteiger partial charge in [0.1, 0.15) is 0 Å². The van der Waals surface area contributed by atoms with Crippen LogP contribution >= 0.6 is 0 Å². The summed E-state index contributed by atoms with van der Waals surface area (Å²) < 4.78 is 0. The Balaban J connectivity index is 1.96. The molecule has 2 heterocycles. The highest BCUT2D eigenvalue weighted by molar-refractivity contribution is 5.79. The van der Waals surface area contributed by atoms with Crippen molar-refractivity contribution < 1.29 is 4.79 Å². The van der Waals surface area contributed by atoms with E-state index in [1.165, 1.54) is 19.3 Å². The number of carbonyl (C=O) groups excluding carboxylic acids is 1. The summed E-state index contributed by atoms with van der Waals surface area (Å²) in [6.07, 6.45) is 5.85. The van der Waals surface area contributed by atoms with Crippen LogP contribution in [0.25, 0.3) is 0 Å². The van der Waals surface area contributed by atoms with Gasteiger partial charge in [-0.1, -0.05) is 6.92 Å². The van der Waals surface area contributed by atoms with Gasteiger partial charge in [-0.25, -0.2) is 0 Å². The Labute approximate surface area is 92.2 Å². The lowest BCUT2D eigenvalue weighted by atomic mass is 9.97. The van der Waals surface area contributed by atoms with E-state index in [9.17, 15) is 4.79 Å². The van der Waals surface area contributed by atoms with E-state index < -0.39 is 0 Å². The average Bonchev–Trinajstić information content (AvgIpc) is 2.81. The normalized spacial score (nSPS) is 31.9. The number of nitrogens with zero attached hydrogens (tertiary/aromatic N) is 1. The second-order valence-electron chi connectivity index (χ2n) is 4.78. The summed E-state index contributed by atoms with van der Waals surface area (Å²) in [5.41, 5.74) is 0. The average molecular weight is 210 g/mol. The van der Waals surface area contributed by atoms with Gasteiger partial charge in [-0.2, -0.15) is 0 Å². The highest BCUT2D eigenvalue weighted by atomic mass is 16.2. The van der Waals surface area contributed by atoms with Crippen LogP contribution in [0.4, 0.5) is 0 Å². The Bertz CT molecular complexity index is 224. The van der Waals surface area contributed by atoms with Crippen molar-refractivity contribution in [3.05, 3.63) is 0 Å². The molecule has 0 radical (unpaired) electrons. The van der Waals surface area contributed by atoms with Gasteiger partial charge in [0.2, 0.25) is 5.91 Å². The molecule has 2 atom stereocenters. The molecule has 0 aromatic rings. The van der Waals surface area contributed by atoms with Crippen LogP contribution in [-0.4, -0.2) is 36.5 Å². The number of hydrogen-bond acceptors (Lipinski definition) is 2. The molecule has 3 heteroatoms. The Morgan fingerprint density at radius 2 is 2.27 bits per heavy atom. The second-order valence-corrected chi connectivity index (χ2v) is 4.78. The summed E-state index contributed by atoms with van der Waals surface area (Å²) in [5.74, 6) is 0.670. The SMILES string of the molecule is CCC1CCCCN1C(=O)C1CCNC1. The van der Waals surface area contributed by atoms with Crippen LogP contribution in [0.5, 0.6) is 0 Å². The van der Waals surface area contributed by atoms with Gasteiger partial charge in [-0.05, 0) is 38.6 Å². The fraction of sp³-hybridized carbons (Fsp3) is 0.917. The van der Waals surface area contributed by atoms with Gasteiger partial charge in [0.25, 0.3) is 0 Å². The first-order chi connectivity index (χ1) is 7.33. The summed E-state index contributed by atoms with van der Waals surface area (Å²) in [4.78, 5) is 14.4. The molecule has 1 N–H and O–H groups in total. The molecule has 0 aromatic carbocycles. The lowest BCUT2D eigenvalue weighted by molar-refractivity contribution is -0.138. The van der Waals surface area contributed by atoms with E-state index >= 15 is 0 Å². The van der Waals surface area contributed by atoms with Gasteiger partial charge in [0.15, 0.2) is 0 Å². The molecule has 2 aliphatic heterocycles. The van der Waals surface area contributed by atoms with Crippen LogP contribution < -0.4 is 5.32 Å². The first-order valence-electron chi connectivity index (χ1n) is 6.34. The van der Waals surface area contributed by atoms with Crippen molar-refractivity contribution in [2.24, 2.45) is 5.92 Å². The molecule has 15 heavy (non-hydrogen) atoms. The molecule has 0 bridgehead atoms. The highest BCUT2D eigenvalue weighted by Crippen LogP contribution is 2.23. The maximum Gasteiger partial charge on any atom is 0.227 e. The maximum absolute atomic E-state index is 12.3. The number of hydrogen-bond donors (Lipinski definition) is 1. The van der Waals surface area contributed by atoms with Crippen LogP contribution in [0.1, 0.15) is 39.0 Å². The Hall–Kier alpha value is -0.570. The van der Waals surface area contributed by atoms with Crippen molar-refractivity contribution in [2.75, 3.05) is 19.6 Å². The quantitative estimate of drug-likeness (QED) is 0.747. The second kappa shape index (κ2) is 4.97. The Kier molecular flexibility index (Phi) is 3.62. The summed E-state index contributed by atoms with van der Waals surface area (Å²) in [5, 5.41) is 3.28. The number of amides is 1. The van der Waals surface area contributed by atoms with Crippen molar-refractivity contribution in [1.29, 1.82) is 0 Å². The van der Waals surface area contributed by atoms with E-state index in [-0.39, 0.29) is 5.92 Å². The monoisotopic (exact) mass is 210 g/mol. The molecular formula is C12H22N2O. The lowest BCUT2D eigenvalue weighted by Crippen LogP contribution is -2.46. The molecule has 3 nitrogen and oxygen atoms in total. The summed E-state index contributed by atoms with van der Waals surface area (Å²) in [6, 6.07) is 0.520. The summed E-state index contributed by atoms with van der Waals surface area (Å²) >= 11 is 0. The number of likely N-dealkylation sites (tertiary alicyclic amines) is 1. The minimum absolute atomic E-state index is 0.261. The van der Waals surface area contributed by atoms with Gasteiger partial charge in [-0.15, -0.1) is 0 Å². The molecule has 0 spiro atoms. The molecule has 0 saturated carbocycles. The molecule has 2 unspecified atom stereocenters.